The molecule has 0 saturated heterocycles. The molecule has 174 valence electrons. The Morgan fingerprint density at radius 2 is 1.61 bits per heavy atom. The fourth-order valence-corrected chi connectivity index (χ4v) is 3.86. The fraction of sp³-hybridized carbons (Fsp3) is 0.321. The summed E-state index contributed by atoms with van der Waals surface area (Å²) < 4.78 is 17.0. The van der Waals surface area contributed by atoms with Crippen molar-refractivity contribution in [3.8, 4) is 17.2 Å². The predicted molar refractivity (Wildman–Crippen MR) is 133 cm³/mol. The molecule has 0 aliphatic heterocycles. The van der Waals surface area contributed by atoms with Crippen molar-refractivity contribution in [3.63, 3.8) is 0 Å². The number of hydrogen-bond acceptors (Lipinski definition) is 5. The number of aryl methyl sites for hydroxylation is 2. The maximum Gasteiger partial charge on any atom is 0.325 e. The Morgan fingerprint density at radius 3 is 2.18 bits per heavy atom. The maximum atomic E-state index is 12.3. The highest BCUT2D eigenvalue weighted by molar-refractivity contribution is 5.80. The van der Waals surface area contributed by atoms with Crippen molar-refractivity contribution in [2.24, 2.45) is 0 Å². The van der Waals surface area contributed by atoms with Gasteiger partial charge in [0, 0.05) is 16.9 Å². The van der Waals surface area contributed by atoms with Gasteiger partial charge in [-0.15, -0.1) is 0 Å². The first-order valence-electron chi connectivity index (χ1n) is 11.3. The number of carbonyl (C=O) groups excluding carboxylic acids is 1. The largest absolute Gasteiger partial charge is 0.496 e. The van der Waals surface area contributed by atoms with Crippen LogP contribution in [0.3, 0.4) is 0 Å². The lowest BCUT2D eigenvalue weighted by Gasteiger charge is -2.26. The van der Waals surface area contributed by atoms with Crippen LogP contribution in [0.1, 0.15) is 43.4 Å². The average molecular weight is 448 g/mol. The van der Waals surface area contributed by atoms with E-state index in [1.807, 2.05) is 86.3 Å². The minimum atomic E-state index is -0.267. The van der Waals surface area contributed by atoms with Crippen LogP contribution in [-0.2, 0) is 9.53 Å². The van der Waals surface area contributed by atoms with Crippen LogP contribution in [0.25, 0.3) is 0 Å². The Bertz CT molecular complexity index is 1070. The van der Waals surface area contributed by atoms with Gasteiger partial charge in [-0.3, -0.25) is 4.79 Å². The molecule has 3 aromatic rings. The molecule has 5 heteroatoms. The van der Waals surface area contributed by atoms with Gasteiger partial charge in [-0.1, -0.05) is 32.0 Å². The minimum absolute atomic E-state index is 0.132. The average Bonchev–Trinajstić information content (AvgIpc) is 2.80. The van der Waals surface area contributed by atoms with E-state index >= 15 is 0 Å². The topological polar surface area (TPSA) is 48.0 Å². The Hall–Kier alpha value is -3.47. The molecule has 0 radical (unpaired) electrons. The first-order valence-corrected chi connectivity index (χ1v) is 11.3. The molecule has 0 atom stereocenters. The van der Waals surface area contributed by atoms with Crippen LogP contribution in [0.4, 0.5) is 11.4 Å². The summed E-state index contributed by atoms with van der Waals surface area (Å²) in [6.07, 6.45) is 0. The smallest absolute Gasteiger partial charge is 0.325 e. The second kappa shape index (κ2) is 10.9. The van der Waals surface area contributed by atoms with Gasteiger partial charge in [0.1, 0.15) is 23.8 Å². The molecule has 0 amide bonds. The number of esters is 1. The molecule has 0 aliphatic carbocycles. The van der Waals surface area contributed by atoms with Crippen molar-refractivity contribution in [1.82, 2.24) is 0 Å². The molecule has 0 saturated carbocycles. The van der Waals surface area contributed by atoms with Gasteiger partial charge in [0.15, 0.2) is 0 Å². The lowest BCUT2D eigenvalue weighted by atomic mass is 10.0. The van der Waals surface area contributed by atoms with E-state index in [4.69, 9.17) is 14.2 Å². The van der Waals surface area contributed by atoms with Crippen molar-refractivity contribution in [2.75, 3.05) is 25.2 Å². The highest BCUT2D eigenvalue weighted by Gasteiger charge is 2.18. The number of methoxy groups -OCH3 is 1. The molecule has 0 N–H and O–H groups in total. The number of hydrogen-bond donors (Lipinski definition) is 0. The van der Waals surface area contributed by atoms with Crippen LogP contribution in [-0.4, -0.2) is 26.2 Å². The summed E-state index contributed by atoms with van der Waals surface area (Å²) in [5.41, 5.74) is 4.91. The summed E-state index contributed by atoms with van der Waals surface area (Å²) in [6, 6.07) is 19.8. The molecule has 0 unspecified atom stereocenters. The van der Waals surface area contributed by atoms with Gasteiger partial charge in [-0.2, -0.15) is 0 Å². The van der Waals surface area contributed by atoms with Crippen LogP contribution in [0, 0.1) is 13.8 Å². The second-order valence-corrected chi connectivity index (χ2v) is 8.30. The first-order chi connectivity index (χ1) is 15.8. The SMILES string of the molecule is CCOC(=O)CN(c1ccccc1)c1cc(C)c(Oc2ccc(OC)c(C(C)C)c2)c(C)c1. The second-order valence-electron chi connectivity index (χ2n) is 8.30. The standard InChI is InChI=1S/C28H33NO4/c1-7-32-27(30)18-29(22-11-9-8-10-12-22)23-15-20(4)28(21(5)16-23)33-24-13-14-26(31-6)25(17-24)19(2)3/h8-17,19H,7,18H2,1-6H3. The van der Waals surface area contributed by atoms with E-state index in [9.17, 15) is 4.79 Å². The van der Waals surface area contributed by atoms with Gasteiger partial charge < -0.3 is 19.1 Å². The molecule has 0 heterocycles. The van der Waals surface area contributed by atoms with Crippen molar-refractivity contribution in [3.05, 3.63) is 77.4 Å². The van der Waals surface area contributed by atoms with E-state index in [1.54, 1.807) is 7.11 Å². The third kappa shape index (κ3) is 5.86. The molecule has 3 rings (SSSR count). The maximum absolute atomic E-state index is 12.3. The molecule has 33 heavy (non-hydrogen) atoms. The number of ether oxygens (including phenoxy) is 3. The lowest BCUT2D eigenvalue weighted by molar-refractivity contribution is -0.141. The summed E-state index contributed by atoms with van der Waals surface area (Å²) in [7, 11) is 1.68. The van der Waals surface area contributed by atoms with Crippen LogP contribution in [0.5, 0.6) is 17.2 Å². The number of nitrogens with zero attached hydrogens (tertiary/aromatic N) is 1. The van der Waals surface area contributed by atoms with Crippen LogP contribution >= 0.6 is 0 Å². The third-order valence-electron chi connectivity index (χ3n) is 5.46. The first kappa shape index (κ1) is 24.2. The molecule has 0 fully saturated rings. The highest BCUT2D eigenvalue weighted by Crippen LogP contribution is 2.37. The van der Waals surface area contributed by atoms with Crippen molar-refractivity contribution < 1.29 is 19.0 Å². The number of para-hydroxylation sites is 1. The van der Waals surface area contributed by atoms with E-state index in [2.05, 4.69) is 13.8 Å². The number of benzene rings is 3. The highest BCUT2D eigenvalue weighted by atomic mass is 16.5. The van der Waals surface area contributed by atoms with Crippen LogP contribution < -0.4 is 14.4 Å². The Labute approximate surface area is 196 Å². The molecule has 0 bridgehead atoms. The molecule has 0 aromatic heterocycles. The molecular formula is C28H33NO4. The van der Waals surface area contributed by atoms with Gasteiger partial charge in [0.2, 0.25) is 0 Å². The van der Waals surface area contributed by atoms with Crippen LogP contribution in [0.15, 0.2) is 60.7 Å². The summed E-state index contributed by atoms with van der Waals surface area (Å²) >= 11 is 0. The molecule has 3 aromatic carbocycles. The predicted octanol–water partition coefficient (Wildman–Crippen LogP) is 6.93. The van der Waals surface area contributed by atoms with Crippen molar-refractivity contribution in [2.45, 2.75) is 40.5 Å². The van der Waals surface area contributed by atoms with Gasteiger partial charge >= 0.3 is 5.97 Å². The molecular weight excluding hydrogens is 414 g/mol. The fourth-order valence-electron chi connectivity index (χ4n) is 3.86. The summed E-state index contributed by atoms with van der Waals surface area (Å²) in [4.78, 5) is 14.3. The zero-order valence-electron chi connectivity index (χ0n) is 20.3. The molecule has 0 aliphatic rings. The Morgan fingerprint density at radius 1 is 0.939 bits per heavy atom. The lowest BCUT2D eigenvalue weighted by Crippen LogP contribution is -2.27. The zero-order valence-corrected chi connectivity index (χ0v) is 20.3. The Balaban J connectivity index is 1.95. The number of anilines is 2. The van der Waals surface area contributed by atoms with E-state index < -0.39 is 0 Å². The quantitative estimate of drug-likeness (QED) is 0.333. The van der Waals surface area contributed by atoms with E-state index in [-0.39, 0.29) is 12.5 Å². The third-order valence-corrected chi connectivity index (χ3v) is 5.46. The number of carbonyl (C=O) groups is 1. The summed E-state index contributed by atoms with van der Waals surface area (Å²) in [5, 5.41) is 0. The van der Waals surface area contributed by atoms with Crippen molar-refractivity contribution in [1.29, 1.82) is 0 Å². The normalized spacial score (nSPS) is 10.8. The summed E-state index contributed by atoms with van der Waals surface area (Å²) in [6.45, 7) is 10.6. The van der Waals surface area contributed by atoms with Gasteiger partial charge in [0.05, 0.1) is 13.7 Å². The van der Waals surface area contributed by atoms with E-state index in [0.717, 1.165) is 45.3 Å². The minimum Gasteiger partial charge on any atom is -0.496 e. The molecule has 0 spiro atoms. The molecule has 5 nitrogen and oxygen atoms in total. The van der Waals surface area contributed by atoms with Gasteiger partial charge in [0.25, 0.3) is 0 Å². The van der Waals surface area contributed by atoms with E-state index in [0.29, 0.717) is 12.5 Å². The van der Waals surface area contributed by atoms with Crippen LogP contribution in [0.2, 0.25) is 0 Å². The van der Waals surface area contributed by atoms with E-state index in [1.165, 1.54) is 0 Å². The summed E-state index contributed by atoms with van der Waals surface area (Å²) in [5.74, 6) is 2.48. The Kier molecular flexibility index (Phi) is 7.99. The van der Waals surface area contributed by atoms with Crippen molar-refractivity contribution >= 4 is 17.3 Å². The van der Waals surface area contributed by atoms with Gasteiger partial charge in [-0.25, -0.2) is 0 Å². The zero-order chi connectivity index (χ0) is 24.0. The van der Waals surface area contributed by atoms with Gasteiger partial charge in [-0.05, 0) is 80.3 Å². The monoisotopic (exact) mass is 447 g/mol. The number of rotatable bonds is 9.